The van der Waals surface area contributed by atoms with Crippen molar-refractivity contribution in [2.45, 2.75) is 37.2 Å². The Hall–Kier alpha value is -1.87. The van der Waals surface area contributed by atoms with Crippen molar-refractivity contribution in [1.82, 2.24) is 24.1 Å². The van der Waals surface area contributed by atoms with Crippen molar-refractivity contribution in [2.75, 3.05) is 13.6 Å². The summed E-state index contributed by atoms with van der Waals surface area (Å²) in [5, 5.41) is 11.4. The summed E-state index contributed by atoms with van der Waals surface area (Å²) in [5.74, 6) is 0.528. The Kier molecular flexibility index (Phi) is 4.70. The third-order valence-corrected chi connectivity index (χ3v) is 7.46. The number of halogens is 1. The number of rotatable bonds is 3. The van der Waals surface area contributed by atoms with Crippen LogP contribution in [0.4, 0.5) is 0 Å². The summed E-state index contributed by atoms with van der Waals surface area (Å²) in [5.41, 5.74) is 1.82. The molecule has 0 aliphatic carbocycles. The lowest BCUT2D eigenvalue weighted by Crippen LogP contribution is -2.27. The summed E-state index contributed by atoms with van der Waals surface area (Å²) in [6, 6.07) is 7.34. The summed E-state index contributed by atoms with van der Waals surface area (Å²) in [6.45, 7) is 6.07. The molecule has 29 heavy (non-hydrogen) atoms. The van der Waals surface area contributed by atoms with Gasteiger partial charge in [-0.15, -0.1) is 21.5 Å². The Morgan fingerprint density at radius 1 is 1.28 bits per heavy atom. The van der Waals surface area contributed by atoms with Gasteiger partial charge in [-0.1, -0.05) is 43.3 Å². The summed E-state index contributed by atoms with van der Waals surface area (Å²) in [7, 11) is 2.12. The molecule has 4 aromatic rings. The van der Waals surface area contributed by atoms with E-state index in [9.17, 15) is 4.79 Å². The van der Waals surface area contributed by atoms with Crippen molar-refractivity contribution in [3.8, 4) is 5.69 Å². The monoisotopic (exact) mass is 445 g/mol. The average Bonchev–Trinajstić information content (AvgIpc) is 3.22. The first-order valence-corrected chi connectivity index (χ1v) is 11.6. The first-order chi connectivity index (χ1) is 13.9. The van der Waals surface area contributed by atoms with E-state index in [-0.39, 0.29) is 5.56 Å². The molecule has 1 aliphatic rings. The smallest absolute Gasteiger partial charge is 0.268 e. The van der Waals surface area contributed by atoms with Crippen molar-refractivity contribution >= 4 is 50.7 Å². The van der Waals surface area contributed by atoms with Gasteiger partial charge in [-0.25, -0.2) is 8.97 Å². The number of thiophene rings is 1. The molecule has 0 unspecified atom stereocenters. The number of thioether (sulfide) groups is 1. The Morgan fingerprint density at radius 3 is 2.86 bits per heavy atom. The summed E-state index contributed by atoms with van der Waals surface area (Å²) >= 11 is 9.58. The topological polar surface area (TPSA) is 55.4 Å². The normalized spacial score (nSPS) is 14.9. The predicted molar refractivity (Wildman–Crippen MR) is 120 cm³/mol. The van der Waals surface area contributed by atoms with Crippen LogP contribution in [0.25, 0.3) is 21.7 Å². The fourth-order valence-electron chi connectivity index (χ4n) is 3.82. The maximum atomic E-state index is 13.7. The van der Waals surface area contributed by atoms with Crippen LogP contribution in [-0.4, -0.2) is 42.9 Å². The van der Waals surface area contributed by atoms with Crippen molar-refractivity contribution in [1.29, 1.82) is 0 Å². The maximum Gasteiger partial charge on any atom is 0.268 e. The minimum Gasteiger partial charge on any atom is -0.301 e. The second-order valence-electron chi connectivity index (χ2n) is 7.58. The first-order valence-electron chi connectivity index (χ1n) is 9.49. The molecule has 0 atom stereocenters. The van der Waals surface area contributed by atoms with Crippen LogP contribution in [0.3, 0.4) is 0 Å². The Balaban J connectivity index is 1.93. The Labute approximate surface area is 181 Å². The van der Waals surface area contributed by atoms with Gasteiger partial charge in [-0.05, 0) is 37.2 Å². The van der Waals surface area contributed by atoms with Gasteiger partial charge in [0.2, 0.25) is 5.78 Å². The van der Waals surface area contributed by atoms with E-state index < -0.39 is 0 Å². The summed E-state index contributed by atoms with van der Waals surface area (Å²) in [4.78, 5) is 18.2. The highest BCUT2D eigenvalue weighted by atomic mass is 35.5. The standard InChI is InChI=1S/C20H20ClN5OS2/c1-11(2)28-20-23-22-19-25(13-6-4-5-12(21)9-13)17(27)16-14-7-8-24(3)10-15(14)29-18(16)26(19)20/h4-6,9,11H,7-8,10H2,1-3H3. The van der Waals surface area contributed by atoms with Crippen molar-refractivity contribution in [3.05, 3.63) is 50.1 Å². The van der Waals surface area contributed by atoms with Crippen LogP contribution in [-0.2, 0) is 13.0 Å². The molecule has 0 N–H and O–H groups in total. The predicted octanol–water partition coefficient (Wildman–Crippen LogP) is 4.24. The van der Waals surface area contributed by atoms with Crippen LogP contribution in [0.1, 0.15) is 24.3 Å². The lowest BCUT2D eigenvalue weighted by atomic mass is 10.1. The third kappa shape index (κ3) is 3.09. The highest BCUT2D eigenvalue weighted by Crippen LogP contribution is 2.36. The minimum absolute atomic E-state index is 0.0506. The van der Waals surface area contributed by atoms with Gasteiger partial charge in [0.25, 0.3) is 5.56 Å². The minimum atomic E-state index is -0.0506. The zero-order valence-corrected chi connectivity index (χ0v) is 18.7. The van der Waals surface area contributed by atoms with Crippen LogP contribution in [0.2, 0.25) is 5.02 Å². The van der Waals surface area contributed by atoms with Crippen molar-refractivity contribution in [2.24, 2.45) is 0 Å². The molecular weight excluding hydrogens is 426 g/mol. The van der Waals surface area contributed by atoms with Crippen LogP contribution >= 0.6 is 34.7 Å². The van der Waals surface area contributed by atoms with E-state index in [0.717, 1.165) is 34.9 Å². The maximum absolute atomic E-state index is 13.7. The number of fused-ring (bicyclic) bond motifs is 5. The van der Waals surface area contributed by atoms with E-state index in [1.165, 1.54) is 10.4 Å². The SMILES string of the molecule is CC(C)Sc1nnc2n(-c3cccc(Cl)c3)c(=O)c3c4c(sc3n12)CN(C)CC4. The molecule has 1 aliphatic heterocycles. The average molecular weight is 446 g/mol. The largest absolute Gasteiger partial charge is 0.301 e. The highest BCUT2D eigenvalue weighted by Gasteiger charge is 2.26. The fourth-order valence-corrected chi connectivity index (χ4v) is 6.27. The molecule has 9 heteroatoms. The number of aromatic nitrogens is 4. The lowest BCUT2D eigenvalue weighted by Gasteiger charge is -2.21. The van der Waals surface area contributed by atoms with Gasteiger partial charge in [0.15, 0.2) is 5.16 Å². The Bertz CT molecular complexity index is 1310. The van der Waals surface area contributed by atoms with E-state index >= 15 is 0 Å². The molecule has 1 aromatic carbocycles. The van der Waals surface area contributed by atoms with Gasteiger partial charge in [0.05, 0.1) is 11.1 Å². The third-order valence-electron chi connectivity index (χ3n) is 5.07. The molecule has 5 rings (SSSR count). The van der Waals surface area contributed by atoms with Gasteiger partial charge in [-0.3, -0.25) is 4.79 Å². The van der Waals surface area contributed by atoms with Crippen molar-refractivity contribution in [3.63, 3.8) is 0 Å². The molecule has 0 saturated carbocycles. The quantitative estimate of drug-likeness (QED) is 0.441. The van der Waals surface area contributed by atoms with E-state index in [1.807, 2.05) is 16.5 Å². The number of hydrogen-bond donors (Lipinski definition) is 0. The van der Waals surface area contributed by atoms with Gasteiger partial charge in [-0.2, -0.15) is 0 Å². The van der Waals surface area contributed by atoms with E-state index in [4.69, 9.17) is 11.6 Å². The van der Waals surface area contributed by atoms with Crippen LogP contribution < -0.4 is 5.56 Å². The van der Waals surface area contributed by atoms with Gasteiger partial charge < -0.3 is 4.90 Å². The second kappa shape index (κ2) is 7.12. The zero-order valence-electron chi connectivity index (χ0n) is 16.3. The number of likely N-dealkylation sites (N-methyl/N-ethyl adjacent to an activating group) is 1. The lowest BCUT2D eigenvalue weighted by molar-refractivity contribution is 0.318. The molecular formula is C20H20ClN5OS2. The molecule has 150 valence electrons. The van der Waals surface area contributed by atoms with Crippen LogP contribution in [0, 0.1) is 0 Å². The van der Waals surface area contributed by atoms with Crippen LogP contribution in [0.5, 0.6) is 0 Å². The molecule has 0 amide bonds. The Morgan fingerprint density at radius 2 is 2.10 bits per heavy atom. The molecule has 6 nitrogen and oxygen atoms in total. The summed E-state index contributed by atoms with van der Waals surface area (Å²) < 4.78 is 3.70. The first kappa shape index (κ1) is 19.1. The number of benzene rings is 1. The molecule has 0 fully saturated rings. The molecule has 0 radical (unpaired) electrons. The second-order valence-corrected chi connectivity index (χ2v) is 10.6. The molecule has 4 heterocycles. The highest BCUT2D eigenvalue weighted by molar-refractivity contribution is 7.99. The van der Waals surface area contributed by atoms with E-state index in [2.05, 4.69) is 36.0 Å². The van der Waals surface area contributed by atoms with Crippen molar-refractivity contribution < 1.29 is 0 Å². The number of nitrogens with zero attached hydrogens (tertiary/aromatic N) is 5. The van der Waals surface area contributed by atoms with E-state index in [1.54, 1.807) is 39.8 Å². The fraction of sp³-hybridized carbons (Fsp3) is 0.350. The molecule has 0 saturated heterocycles. The zero-order chi connectivity index (χ0) is 20.3. The molecule has 3 aromatic heterocycles. The molecule has 0 bridgehead atoms. The van der Waals surface area contributed by atoms with Gasteiger partial charge >= 0.3 is 0 Å². The van der Waals surface area contributed by atoms with Gasteiger partial charge in [0, 0.05) is 28.2 Å². The van der Waals surface area contributed by atoms with E-state index in [0.29, 0.717) is 21.7 Å². The summed E-state index contributed by atoms with van der Waals surface area (Å²) in [6.07, 6.45) is 0.872. The van der Waals surface area contributed by atoms with Gasteiger partial charge in [0.1, 0.15) is 4.83 Å². The van der Waals surface area contributed by atoms with Crippen LogP contribution in [0.15, 0.2) is 34.2 Å². The molecule has 0 spiro atoms. The number of hydrogen-bond acceptors (Lipinski definition) is 6.